The Labute approximate surface area is 149 Å². The highest BCUT2D eigenvalue weighted by molar-refractivity contribution is 6.02. The fraction of sp³-hybridized carbons (Fsp3) is 0.235. The van der Waals surface area contributed by atoms with E-state index in [1.54, 1.807) is 12.1 Å². The third kappa shape index (κ3) is 4.76. The smallest absolute Gasteiger partial charge is 0.359 e. The van der Waals surface area contributed by atoms with Gasteiger partial charge in [0.15, 0.2) is 12.3 Å². The van der Waals surface area contributed by atoms with E-state index in [2.05, 4.69) is 15.7 Å². The predicted octanol–water partition coefficient (Wildman–Crippen LogP) is 0.902. The van der Waals surface area contributed by atoms with Gasteiger partial charge in [-0.05, 0) is 37.1 Å². The number of esters is 1. The summed E-state index contributed by atoms with van der Waals surface area (Å²) < 4.78 is 5.74. The summed E-state index contributed by atoms with van der Waals surface area (Å²) in [7, 11) is 1.38. The van der Waals surface area contributed by atoms with Crippen molar-refractivity contribution >= 4 is 23.6 Å². The van der Waals surface area contributed by atoms with Gasteiger partial charge in [-0.3, -0.25) is 14.9 Å². The van der Waals surface area contributed by atoms with Crippen molar-refractivity contribution in [2.45, 2.75) is 13.8 Å². The lowest BCUT2D eigenvalue weighted by Crippen LogP contribution is -2.37. The van der Waals surface area contributed by atoms with E-state index in [4.69, 9.17) is 4.74 Å². The molecule has 9 heteroatoms. The van der Waals surface area contributed by atoms with Crippen LogP contribution in [0.25, 0.3) is 0 Å². The molecule has 3 amide bonds. The van der Waals surface area contributed by atoms with Gasteiger partial charge in [-0.2, -0.15) is 5.10 Å². The van der Waals surface area contributed by atoms with Crippen LogP contribution < -0.4 is 16.2 Å². The maximum atomic E-state index is 11.8. The Morgan fingerprint density at radius 2 is 1.88 bits per heavy atom. The van der Waals surface area contributed by atoms with Crippen LogP contribution >= 0.6 is 0 Å². The van der Waals surface area contributed by atoms with Crippen molar-refractivity contribution in [3.63, 3.8) is 0 Å². The molecule has 0 spiro atoms. The summed E-state index contributed by atoms with van der Waals surface area (Å²) in [4.78, 5) is 46.6. The molecule has 0 radical (unpaired) electrons. The van der Waals surface area contributed by atoms with E-state index in [0.29, 0.717) is 5.69 Å². The molecule has 0 aliphatic carbocycles. The van der Waals surface area contributed by atoms with Gasteiger partial charge < -0.3 is 10.1 Å². The summed E-state index contributed by atoms with van der Waals surface area (Å²) in [6.45, 7) is 3.08. The first-order valence-electron chi connectivity index (χ1n) is 7.66. The number of carbonyl (C=O) groups excluding carboxylic acids is 3. The Morgan fingerprint density at radius 3 is 2.58 bits per heavy atom. The number of anilines is 1. The maximum Gasteiger partial charge on any atom is 0.359 e. The van der Waals surface area contributed by atoms with Crippen LogP contribution in [0.1, 0.15) is 21.6 Å². The fourth-order valence-corrected chi connectivity index (χ4v) is 2.02. The summed E-state index contributed by atoms with van der Waals surface area (Å²) >= 11 is 0. The number of hydrogen-bond donors (Lipinski definition) is 2. The second-order valence-electron chi connectivity index (χ2n) is 5.51. The summed E-state index contributed by atoms with van der Waals surface area (Å²) in [5, 5.41) is 8.32. The minimum atomic E-state index is -0.884. The van der Waals surface area contributed by atoms with Crippen molar-refractivity contribution in [3.05, 3.63) is 57.5 Å². The number of ether oxygens (including phenoxy) is 1. The lowest BCUT2D eigenvalue weighted by Gasteiger charge is -2.11. The van der Waals surface area contributed by atoms with Gasteiger partial charge in [0.05, 0.1) is 0 Å². The summed E-state index contributed by atoms with van der Waals surface area (Å²) in [6, 6.07) is 6.99. The Morgan fingerprint density at radius 1 is 1.15 bits per heavy atom. The zero-order valence-corrected chi connectivity index (χ0v) is 14.5. The number of nitrogens with zero attached hydrogens (tertiary/aromatic N) is 2. The molecule has 0 fully saturated rings. The van der Waals surface area contributed by atoms with Crippen LogP contribution in [0.3, 0.4) is 0 Å². The quantitative estimate of drug-likeness (QED) is 0.784. The lowest BCUT2D eigenvalue weighted by atomic mass is 10.1. The highest BCUT2D eigenvalue weighted by atomic mass is 16.5. The van der Waals surface area contributed by atoms with Crippen LogP contribution in [-0.4, -0.2) is 34.3 Å². The molecule has 1 heterocycles. The number of imide groups is 1. The average molecular weight is 358 g/mol. The third-order valence-electron chi connectivity index (χ3n) is 3.61. The number of aryl methyl sites for hydroxylation is 2. The van der Waals surface area contributed by atoms with Gasteiger partial charge in [-0.25, -0.2) is 14.3 Å². The molecule has 1 aromatic heterocycles. The largest absolute Gasteiger partial charge is 0.451 e. The highest BCUT2D eigenvalue weighted by Crippen LogP contribution is 2.17. The molecule has 0 aliphatic heterocycles. The molecular weight excluding hydrogens is 340 g/mol. The van der Waals surface area contributed by atoms with Crippen molar-refractivity contribution in [1.29, 1.82) is 0 Å². The summed E-state index contributed by atoms with van der Waals surface area (Å²) in [5.41, 5.74) is 1.93. The monoisotopic (exact) mass is 358 g/mol. The molecule has 2 rings (SSSR count). The van der Waals surface area contributed by atoms with Gasteiger partial charge in [-0.1, -0.05) is 12.1 Å². The number of nitrogens with one attached hydrogen (secondary N) is 2. The van der Waals surface area contributed by atoms with Gasteiger partial charge in [-0.15, -0.1) is 0 Å². The first-order valence-corrected chi connectivity index (χ1v) is 7.66. The molecule has 136 valence electrons. The number of hydrogen-bond acceptors (Lipinski definition) is 6. The van der Waals surface area contributed by atoms with E-state index in [1.165, 1.54) is 13.1 Å². The molecule has 0 aliphatic rings. The zero-order chi connectivity index (χ0) is 19.3. The highest BCUT2D eigenvalue weighted by Gasteiger charge is 2.15. The fourth-order valence-electron chi connectivity index (χ4n) is 2.02. The van der Waals surface area contributed by atoms with E-state index < -0.39 is 24.5 Å². The second kappa shape index (κ2) is 8.06. The molecule has 2 aromatic rings. The molecule has 0 unspecified atom stereocenters. The number of amides is 3. The Kier molecular flexibility index (Phi) is 5.84. The predicted molar refractivity (Wildman–Crippen MR) is 92.8 cm³/mol. The van der Waals surface area contributed by atoms with Crippen LogP contribution in [0.4, 0.5) is 10.5 Å². The SMILES string of the molecule is Cc1cccc(NC(=O)NC(=O)COC(=O)c2ccc(=O)n(C)n2)c1C. The minimum absolute atomic E-state index is 0.125. The van der Waals surface area contributed by atoms with Crippen molar-refractivity contribution in [2.24, 2.45) is 7.05 Å². The maximum absolute atomic E-state index is 11.8. The van der Waals surface area contributed by atoms with Crippen LogP contribution in [0.5, 0.6) is 0 Å². The molecule has 1 aromatic carbocycles. The van der Waals surface area contributed by atoms with E-state index in [1.807, 2.05) is 19.9 Å². The number of aromatic nitrogens is 2. The standard InChI is InChI=1S/C17H18N4O5/c1-10-5-4-6-12(11(10)2)18-17(25)19-14(22)9-26-16(24)13-7-8-15(23)21(3)20-13/h4-8H,9H2,1-3H3,(H2,18,19,22,25). The van der Waals surface area contributed by atoms with Gasteiger partial charge in [0.1, 0.15) is 0 Å². The molecule has 0 atom stereocenters. The number of carbonyl (C=O) groups is 3. The molecule has 0 saturated carbocycles. The zero-order valence-electron chi connectivity index (χ0n) is 14.5. The van der Waals surface area contributed by atoms with Gasteiger partial charge >= 0.3 is 12.0 Å². The van der Waals surface area contributed by atoms with Crippen LogP contribution in [0.2, 0.25) is 0 Å². The first-order chi connectivity index (χ1) is 12.3. The topological polar surface area (TPSA) is 119 Å². The van der Waals surface area contributed by atoms with E-state index in [-0.39, 0.29) is 11.3 Å². The van der Waals surface area contributed by atoms with Gasteiger partial charge in [0, 0.05) is 18.8 Å². The normalized spacial score (nSPS) is 10.1. The third-order valence-corrected chi connectivity index (χ3v) is 3.61. The van der Waals surface area contributed by atoms with Crippen molar-refractivity contribution < 1.29 is 19.1 Å². The molecule has 0 bridgehead atoms. The Balaban J connectivity index is 1.87. The van der Waals surface area contributed by atoms with Crippen molar-refractivity contribution in [3.8, 4) is 0 Å². The molecule has 0 saturated heterocycles. The van der Waals surface area contributed by atoms with Crippen LogP contribution in [0, 0.1) is 13.8 Å². The summed E-state index contributed by atoms with van der Waals surface area (Å²) in [5.74, 6) is -1.68. The Bertz CT molecular complexity index is 920. The second-order valence-corrected chi connectivity index (χ2v) is 5.51. The van der Waals surface area contributed by atoms with Gasteiger partial charge in [0.2, 0.25) is 0 Å². The van der Waals surface area contributed by atoms with E-state index >= 15 is 0 Å². The minimum Gasteiger partial charge on any atom is -0.451 e. The summed E-state index contributed by atoms with van der Waals surface area (Å²) in [6.07, 6.45) is 0. The molecule has 26 heavy (non-hydrogen) atoms. The Hall–Kier alpha value is -3.49. The van der Waals surface area contributed by atoms with Crippen LogP contribution in [-0.2, 0) is 16.6 Å². The molecular formula is C17H18N4O5. The van der Waals surface area contributed by atoms with E-state index in [0.717, 1.165) is 21.9 Å². The number of rotatable bonds is 4. The lowest BCUT2D eigenvalue weighted by molar-refractivity contribution is -0.123. The van der Waals surface area contributed by atoms with E-state index in [9.17, 15) is 19.2 Å². The average Bonchev–Trinajstić information content (AvgIpc) is 2.59. The molecule has 2 N–H and O–H groups in total. The first kappa shape index (κ1) is 18.8. The number of urea groups is 1. The number of benzene rings is 1. The van der Waals surface area contributed by atoms with Gasteiger partial charge in [0.25, 0.3) is 11.5 Å². The van der Waals surface area contributed by atoms with Crippen molar-refractivity contribution in [2.75, 3.05) is 11.9 Å². The van der Waals surface area contributed by atoms with Crippen molar-refractivity contribution in [1.82, 2.24) is 15.1 Å². The molecule has 9 nitrogen and oxygen atoms in total. The van der Waals surface area contributed by atoms with Crippen LogP contribution in [0.15, 0.2) is 35.1 Å².